The van der Waals surface area contributed by atoms with Crippen LogP contribution in [0, 0.1) is 0 Å². The van der Waals surface area contributed by atoms with Crippen LogP contribution >= 0.6 is 0 Å². The van der Waals surface area contributed by atoms with Crippen molar-refractivity contribution < 1.29 is 0 Å². The van der Waals surface area contributed by atoms with Crippen molar-refractivity contribution in [2.45, 2.75) is 13.8 Å². The SMILES string of the molecule is CC.CN=C=Nc1ccccc1. The summed E-state index contributed by atoms with van der Waals surface area (Å²) >= 11 is 0. The molecular weight excluding hydrogens is 148 g/mol. The van der Waals surface area contributed by atoms with E-state index in [9.17, 15) is 0 Å². The second kappa shape index (κ2) is 7.70. The molecule has 0 unspecified atom stereocenters. The van der Waals surface area contributed by atoms with Crippen LogP contribution in [0.5, 0.6) is 0 Å². The molecule has 0 atom stereocenters. The summed E-state index contributed by atoms with van der Waals surface area (Å²) in [5.74, 6) is 0. The zero-order chi connectivity index (χ0) is 9.23. The Hall–Kier alpha value is -1.40. The van der Waals surface area contributed by atoms with Gasteiger partial charge < -0.3 is 0 Å². The van der Waals surface area contributed by atoms with Crippen LogP contribution in [0.15, 0.2) is 40.3 Å². The van der Waals surface area contributed by atoms with E-state index < -0.39 is 0 Å². The summed E-state index contributed by atoms with van der Waals surface area (Å²) in [7, 11) is 1.65. The largest absolute Gasteiger partial charge is 0.229 e. The van der Waals surface area contributed by atoms with Crippen molar-refractivity contribution in [3.05, 3.63) is 30.3 Å². The monoisotopic (exact) mass is 162 g/mol. The van der Waals surface area contributed by atoms with E-state index in [1.165, 1.54) is 0 Å². The van der Waals surface area contributed by atoms with Gasteiger partial charge in [-0.05, 0) is 12.1 Å². The van der Waals surface area contributed by atoms with Crippen LogP contribution in [0.25, 0.3) is 0 Å². The Kier molecular flexibility index (Phi) is 6.81. The van der Waals surface area contributed by atoms with Gasteiger partial charge in [-0.25, -0.2) is 4.99 Å². The molecule has 0 bridgehead atoms. The average molecular weight is 162 g/mol. The second-order valence-electron chi connectivity index (χ2n) is 1.77. The van der Waals surface area contributed by atoms with Gasteiger partial charge in [0.05, 0.1) is 11.7 Å². The molecule has 1 aromatic rings. The highest BCUT2D eigenvalue weighted by atomic mass is 14.8. The van der Waals surface area contributed by atoms with Gasteiger partial charge in [-0.1, -0.05) is 32.0 Å². The molecule has 0 aromatic heterocycles. The van der Waals surface area contributed by atoms with Gasteiger partial charge in [0.15, 0.2) is 0 Å². The summed E-state index contributed by atoms with van der Waals surface area (Å²) < 4.78 is 0. The lowest BCUT2D eigenvalue weighted by atomic mass is 10.3. The molecule has 1 rings (SSSR count). The van der Waals surface area contributed by atoms with Crippen molar-refractivity contribution in [1.82, 2.24) is 0 Å². The lowest BCUT2D eigenvalue weighted by Crippen LogP contribution is -1.60. The van der Waals surface area contributed by atoms with E-state index in [-0.39, 0.29) is 0 Å². The molecule has 64 valence electrons. The molecule has 0 radical (unpaired) electrons. The Bertz CT molecular complexity index is 246. The molecule has 0 heterocycles. The number of hydrogen-bond acceptors (Lipinski definition) is 2. The van der Waals surface area contributed by atoms with Crippen LogP contribution in [-0.4, -0.2) is 13.1 Å². The average Bonchev–Trinajstić information content (AvgIpc) is 2.19. The van der Waals surface area contributed by atoms with E-state index in [1.54, 1.807) is 7.05 Å². The first-order valence-electron chi connectivity index (χ1n) is 4.03. The topological polar surface area (TPSA) is 24.7 Å². The third kappa shape index (κ3) is 4.42. The lowest BCUT2D eigenvalue weighted by molar-refractivity contribution is 1.44. The zero-order valence-corrected chi connectivity index (χ0v) is 7.78. The zero-order valence-electron chi connectivity index (χ0n) is 7.78. The fourth-order valence-corrected chi connectivity index (χ4v) is 0.610. The third-order valence-corrected chi connectivity index (χ3v) is 1.04. The quantitative estimate of drug-likeness (QED) is 0.567. The smallest absolute Gasteiger partial charge is 0.0946 e. The first-order chi connectivity index (χ1) is 5.93. The molecule has 0 saturated carbocycles. The molecule has 1 aromatic carbocycles. The van der Waals surface area contributed by atoms with Crippen LogP contribution in [0.1, 0.15) is 13.8 Å². The van der Waals surface area contributed by atoms with Crippen LogP contribution < -0.4 is 0 Å². The minimum Gasteiger partial charge on any atom is -0.229 e. The van der Waals surface area contributed by atoms with Crippen molar-refractivity contribution in [3.8, 4) is 0 Å². The molecule has 0 aliphatic heterocycles. The second-order valence-corrected chi connectivity index (χ2v) is 1.77. The van der Waals surface area contributed by atoms with Crippen molar-refractivity contribution in [3.63, 3.8) is 0 Å². The van der Waals surface area contributed by atoms with E-state index in [0.29, 0.717) is 0 Å². The number of para-hydroxylation sites is 1. The third-order valence-electron chi connectivity index (χ3n) is 1.04. The molecular formula is C10H14N2. The van der Waals surface area contributed by atoms with Crippen molar-refractivity contribution in [2.75, 3.05) is 7.05 Å². The normalized spacial score (nSPS) is 7.25. The molecule has 0 aliphatic carbocycles. The number of hydrogen-bond donors (Lipinski definition) is 0. The summed E-state index contributed by atoms with van der Waals surface area (Å²) in [6.45, 7) is 4.00. The van der Waals surface area contributed by atoms with E-state index in [4.69, 9.17) is 0 Å². The molecule has 12 heavy (non-hydrogen) atoms. The van der Waals surface area contributed by atoms with Gasteiger partial charge in [0.25, 0.3) is 0 Å². The van der Waals surface area contributed by atoms with Crippen LogP contribution in [-0.2, 0) is 0 Å². The van der Waals surface area contributed by atoms with Crippen molar-refractivity contribution >= 4 is 11.7 Å². The number of nitrogens with zero attached hydrogens (tertiary/aromatic N) is 2. The Morgan fingerprint density at radius 1 is 1.08 bits per heavy atom. The number of rotatable bonds is 1. The summed E-state index contributed by atoms with van der Waals surface area (Å²) in [6.07, 6.45) is 0. The first kappa shape index (κ1) is 10.6. The molecule has 0 N–H and O–H groups in total. The van der Waals surface area contributed by atoms with Crippen molar-refractivity contribution in [1.29, 1.82) is 0 Å². The van der Waals surface area contributed by atoms with Gasteiger partial charge in [0.2, 0.25) is 0 Å². The van der Waals surface area contributed by atoms with Gasteiger partial charge in [-0.3, -0.25) is 0 Å². The van der Waals surface area contributed by atoms with Crippen molar-refractivity contribution in [2.24, 2.45) is 9.98 Å². The van der Waals surface area contributed by atoms with Gasteiger partial charge in [0.1, 0.15) is 0 Å². The van der Waals surface area contributed by atoms with Crippen LogP contribution in [0.2, 0.25) is 0 Å². The Labute approximate surface area is 73.7 Å². The number of benzene rings is 1. The van der Waals surface area contributed by atoms with Crippen LogP contribution in [0.3, 0.4) is 0 Å². The molecule has 0 aliphatic rings. The molecule has 0 amide bonds. The maximum atomic E-state index is 3.91. The molecule has 0 saturated heterocycles. The van der Waals surface area contributed by atoms with Crippen LogP contribution in [0.4, 0.5) is 5.69 Å². The maximum Gasteiger partial charge on any atom is 0.0946 e. The van der Waals surface area contributed by atoms with Gasteiger partial charge in [-0.2, -0.15) is 4.99 Å². The fraction of sp³-hybridized carbons (Fsp3) is 0.300. The van der Waals surface area contributed by atoms with Gasteiger partial charge in [-0.15, -0.1) is 0 Å². The highest BCUT2D eigenvalue weighted by molar-refractivity contribution is 5.51. The van der Waals surface area contributed by atoms with Gasteiger partial charge in [0, 0.05) is 7.05 Å². The summed E-state index contributed by atoms with van der Waals surface area (Å²) in [4.78, 5) is 7.52. The summed E-state index contributed by atoms with van der Waals surface area (Å²) in [6, 6.07) is 12.1. The maximum absolute atomic E-state index is 3.91. The predicted octanol–water partition coefficient (Wildman–Crippen LogP) is 3.15. The summed E-state index contributed by atoms with van der Waals surface area (Å²) in [5.41, 5.74) is 0.883. The predicted molar refractivity (Wildman–Crippen MR) is 53.2 cm³/mol. The van der Waals surface area contributed by atoms with E-state index in [0.717, 1.165) is 5.69 Å². The first-order valence-corrected chi connectivity index (χ1v) is 4.03. The standard InChI is InChI=1S/C8H8N2.C2H6/c1-9-7-10-8-5-3-2-4-6-8;1-2/h2-6H,1H3;1-2H3. The Morgan fingerprint density at radius 3 is 2.17 bits per heavy atom. The molecule has 2 nitrogen and oxygen atoms in total. The highest BCUT2D eigenvalue weighted by Gasteiger charge is 1.79. The minimum absolute atomic E-state index is 0.883. The molecule has 0 fully saturated rings. The highest BCUT2D eigenvalue weighted by Crippen LogP contribution is 2.07. The minimum atomic E-state index is 0.883. The van der Waals surface area contributed by atoms with E-state index in [1.807, 2.05) is 44.2 Å². The lowest BCUT2D eigenvalue weighted by Gasteiger charge is -1.84. The Morgan fingerprint density at radius 2 is 1.67 bits per heavy atom. The number of aliphatic imine (C=N–C) groups is 2. The fourth-order valence-electron chi connectivity index (χ4n) is 0.610. The molecule has 2 heteroatoms. The van der Waals surface area contributed by atoms with E-state index >= 15 is 0 Å². The Balaban J connectivity index is 0.000000561. The van der Waals surface area contributed by atoms with Gasteiger partial charge >= 0.3 is 0 Å². The molecule has 0 spiro atoms. The summed E-state index contributed by atoms with van der Waals surface area (Å²) in [5, 5.41) is 0. The van der Waals surface area contributed by atoms with E-state index in [2.05, 4.69) is 16.0 Å².